The van der Waals surface area contributed by atoms with Crippen molar-refractivity contribution in [2.75, 3.05) is 0 Å². The predicted molar refractivity (Wildman–Crippen MR) is 97.0 cm³/mol. The Kier molecular flexibility index (Phi) is 5.29. The van der Waals surface area contributed by atoms with Crippen LogP contribution in [0.15, 0.2) is 26.1 Å². The first-order valence-electron chi connectivity index (χ1n) is 7.53. The third-order valence-corrected chi connectivity index (χ3v) is 6.59. The van der Waals surface area contributed by atoms with Gasteiger partial charge in [-0.05, 0) is 51.3 Å². The van der Waals surface area contributed by atoms with E-state index in [9.17, 15) is 34.6 Å². The van der Waals surface area contributed by atoms with E-state index in [2.05, 4.69) is 4.99 Å². The quantitative estimate of drug-likeness (QED) is 0.567. The summed E-state index contributed by atoms with van der Waals surface area (Å²) in [7, 11) is -12.5. The smallest absolute Gasteiger partial charge is 0.328 e. The van der Waals surface area contributed by atoms with Crippen molar-refractivity contribution in [2.45, 2.75) is 39.5 Å². The van der Waals surface area contributed by atoms with Crippen molar-refractivity contribution in [3.8, 4) is 0 Å². The van der Waals surface area contributed by atoms with Crippen LogP contribution in [0.4, 0.5) is 8.63 Å². The molecule has 0 saturated carbocycles. The van der Waals surface area contributed by atoms with Crippen LogP contribution in [0.1, 0.15) is 37.7 Å². The third-order valence-electron chi connectivity index (χ3n) is 4.35. The number of hydrogen-bond acceptors (Lipinski definition) is 5. The Bertz CT molecular complexity index is 1140. The number of aliphatic imine (C=N–C) groups is 1. The molecule has 1 aliphatic rings. The highest BCUT2D eigenvalue weighted by molar-refractivity contribution is 7.91. The van der Waals surface area contributed by atoms with Crippen LogP contribution in [0.2, 0.25) is 0 Å². The summed E-state index contributed by atoms with van der Waals surface area (Å²) in [6, 6.07) is 0. The molecular formula is C14H17BF2N2O6S2. The Morgan fingerprint density at radius 1 is 1.04 bits per heavy atom. The van der Waals surface area contributed by atoms with Gasteiger partial charge in [0.1, 0.15) is 9.80 Å². The van der Waals surface area contributed by atoms with Crippen LogP contribution in [0.5, 0.6) is 0 Å². The van der Waals surface area contributed by atoms with E-state index in [4.69, 9.17) is 0 Å². The lowest BCUT2D eigenvalue weighted by atomic mass is 10.0. The monoisotopic (exact) mass is 422 g/mol. The van der Waals surface area contributed by atoms with Gasteiger partial charge in [-0.3, -0.25) is 22.7 Å². The van der Waals surface area contributed by atoms with Crippen LogP contribution in [0.3, 0.4) is 0 Å². The molecule has 2 rings (SSSR count). The molecule has 27 heavy (non-hydrogen) atoms. The maximum atomic E-state index is 13.6. The van der Waals surface area contributed by atoms with Crippen molar-refractivity contribution in [3.63, 3.8) is 0 Å². The van der Waals surface area contributed by atoms with Gasteiger partial charge in [-0.1, -0.05) is 0 Å². The fraction of sp³-hybridized carbons (Fsp3) is 0.357. The second kappa shape index (κ2) is 6.65. The van der Waals surface area contributed by atoms with Gasteiger partial charge < -0.3 is 4.48 Å². The van der Waals surface area contributed by atoms with Gasteiger partial charge in [0.2, 0.25) is 0 Å². The van der Waals surface area contributed by atoms with Gasteiger partial charge in [0.25, 0.3) is 20.2 Å². The van der Waals surface area contributed by atoms with Crippen LogP contribution in [-0.2, 0) is 20.2 Å². The number of halogens is 2. The lowest BCUT2D eigenvalue weighted by Crippen LogP contribution is -2.18. The average molecular weight is 422 g/mol. The minimum atomic E-state index is -4.78. The number of allylic oxidation sites excluding steroid dienone is 3. The minimum Gasteiger partial charge on any atom is -0.328 e. The Morgan fingerprint density at radius 2 is 1.56 bits per heavy atom. The standard InChI is InChI=1S/C14H17BF2N2O6S2/c1-6(11-7(2)13(9(4)18-11)26(20,21)22)12-8(3)14(27(23,24)25)10(5)19(12)15(16)17/h1-5H3,(H,20,21,22)(H,23,24,25)/b11-6-. The second-order valence-electron chi connectivity index (χ2n) is 6.11. The van der Waals surface area contributed by atoms with E-state index in [1.807, 2.05) is 0 Å². The molecular weight excluding hydrogens is 405 g/mol. The highest BCUT2D eigenvalue weighted by Crippen LogP contribution is 2.38. The molecule has 0 radical (unpaired) electrons. The van der Waals surface area contributed by atoms with Crippen molar-refractivity contribution in [1.29, 1.82) is 0 Å². The summed E-state index contributed by atoms with van der Waals surface area (Å²) in [6.45, 7) is 6.43. The molecule has 0 fully saturated rings. The lowest BCUT2D eigenvalue weighted by Gasteiger charge is -2.12. The zero-order valence-corrected chi connectivity index (χ0v) is 16.7. The van der Waals surface area contributed by atoms with E-state index in [0.29, 0.717) is 4.48 Å². The molecule has 0 spiro atoms. The van der Waals surface area contributed by atoms with Crippen molar-refractivity contribution < 1.29 is 34.6 Å². The molecule has 2 N–H and O–H groups in total. The van der Waals surface area contributed by atoms with Crippen LogP contribution in [-0.4, -0.2) is 43.5 Å². The van der Waals surface area contributed by atoms with Crippen molar-refractivity contribution in [3.05, 3.63) is 33.1 Å². The maximum absolute atomic E-state index is 13.6. The highest BCUT2D eigenvalue weighted by atomic mass is 32.2. The van der Waals surface area contributed by atoms with E-state index < -0.39 is 37.4 Å². The highest BCUT2D eigenvalue weighted by Gasteiger charge is 2.35. The van der Waals surface area contributed by atoms with E-state index in [1.165, 1.54) is 27.7 Å². The summed E-state index contributed by atoms with van der Waals surface area (Å²) < 4.78 is 92.8. The Labute approximate surface area is 156 Å². The van der Waals surface area contributed by atoms with Crippen LogP contribution >= 0.6 is 0 Å². The predicted octanol–water partition coefficient (Wildman–Crippen LogP) is 2.49. The van der Waals surface area contributed by atoms with Gasteiger partial charge in [0, 0.05) is 11.4 Å². The fourth-order valence-corrected chi connectivity index (χ4v) is 5.32. The normalized spacial score (nSPS) is 17.4. The molecule has 0 atom stereocenters. The molecule has 0 aliphatic carbocycles. The van der Waals surface area contributed by atoms with Crippen molar-refractivity contribution in [1.82, 2.24) is 4.48 Å². The molecule has 1 aromatic rings. The van der Waals surface area contributed by atoms with E-state index in [0.717, 1.165) is 6.92 Å². The topological polar surface area (TPSA) is 126 Å². The summed E-state index contributed by atoms with van der Waals surface area (Å²) in [6.07, 6.45) is 0. The van der Waals surface area contributed by atoms with Gasteiger partial charge in [-0.2, -0.15) is 16.8 Å². The molecule has 8 nitrogen and oxygen atoms in total. The van der Waals surface area contributed by atoms with E-state index in [-0.39, 0.29) is 39.5 Å². The molecule has 2 heterocycles. The van der Waals surface area contributed by atoms with E-state index >= 15 is 0 Å². The Balaban J connectivity index is 2.96. The van der Waals surface area contributed by atoms with E-state index in [1.54, 1.807) is 0 Å². The van der Waals surface area contributed by atoms with Gasteiger partial charge in [-0.25, -0.2) is 0 Å². The largest absolute Gasteiger partial charge is 0.677 e. The molecule has 1 aliphatic heterocycles. The fourth-order valence-electron chi connectivity index (χ4n) is 3.46. The van der Waals surface area contributed by atoms with Gasteiger partial charge >= 0.3 is 7.40 Å². The lowest BCUT2D eigenvalue weighted by molar-refractivity contribution is 0.481. The zero-order chi connectivity index (χ0) is 21.1. The Hall–Kier alpha value is -1.83. The van der Waals surface area contributed by atoms with Crippen molar-refractivity contribution in [2.24, 2.45) is 4.99 Å². The molecule has 0 bridgehead atoms. The van der Waals surface area contributed by atoms with Gasteiger partial charge in [0.05, 0.1) is 11.4 Å². The maximum Gasteiger partial charge on any atom is 0.677 e. The molecule has 1 aromatic heterocycles. The number of nitrogens with zero attached hydrogens (tertiary/aromatic N) is 2. The third kappa shape index (κ3) is 3.51. The van der Waals surface area contributed by atoms with Crippen LogP contribution in [0.25, 0.3) is 5.57 Å². The number of rotatable bonds is 4. The van der Waals surface area contributed by atoms with Gasteiger partial charge in [-0.15, -0.1) is 0 Å². The second-order valence-corrected chi connectivity index (χ2v) is 8.83. The first-order valence-corrected chi connectivity index (χ1v) is 10.4. The van der Waals surface area contributed by atoms with Crippen LogP contribution < -0.4 is 0 Å². The Morgan fingerprint density at radius 3 is 1.93 bits per heavy atom. The number of hydrogen-bond donors (Lipinski definition) is 2. The van der Waals surface area contributed by atoms with Crippen LogP contribution in [0, 0.1) is 13.8 Å². The van der Waals surface area contributed by atoms with Gasteiger partial charge in [0.15, 0.2) is 0 Å². The first kappa shape index (κ1) is 21.5. The molecule has 0 aromatic carbocycles. The molecule has 0 saturated heterocycles. The molecule has 13 heteroatoms. The SMILES string of the molecule is CC1=N/C(=C(/C)c2c(C)c(S(=O)(=O)O)c(C)n2B(F)F)C(C)=C1S(=O)(=O)O. The molecule has 148 valence electrons. The average Bonchev–Trinajstić information content (AvgIpc) is 2.90. The molecule has 0 amide bonds. The number of aromatic nitrogens is 1. The molecule has 0 unspecified atom stereocenters. The summed E-state index contributed by atoms with van der Waals surface area (Å²) in [5, 5.41) is 0. The summed E-state index contributed by atoms with van der Waals surface area (Å²) in [4.78, 5) is 2.97. The first-order chi connectivity index (χ1) is 12.1. The minimum absolute atomic E-state index is 0.0181. The zero-order valence-electron chi connectivity index (χ0n) is 15.1. The summed E-state index contributed by atoms with van der Waals surface area (Å²) in [5.41, 5.74) is -0.594. The van der Waals surface area contributed by atoms with Crippen molar-refractivity contribution >= 4 is 38.9 Å². The summed E-state index contributed by atoms with van der Waals surface area (Å²) >= 11 is 0. The summed E-state index contributed by atoms with van der Waals surface area (Å²) in [5.74, 6) is 0.